The van der Waals surface area contributed by atoms with E-state index in [9.17, 15) is 18.8 Å². The Kier molecular flexibility index (Phi) is 10.2. The maximum atomic E-state index is 13.9. The number of pyridine rings is 1. The number of nitrogens with one attached hydrogen (secondary N) is 2. The van der Waals surface area contributed by atoms with Gasteiger partial charge in [0, 0.05) is 30.8 Å². The van der Waals surface area contributed by atoms with Crippen LogP contribution in [0.4, 0.5) is 15.9 Å². The lowest BCUT2D eigenvalue weighted by atomic mass is 9.94. The molecule has 0 unspecified atom stereocenters. The van der Waals surface area contributed by atoms with Crippen LogP contribution in [0.2, 0.25) is 0 Å². The van der Waals surface area contributed by atoms with Crippen molar-refractivity contribution < 1.29 is 23.5 Å². The van der Waals surface area contributed by atoms with Crippen LogP contribution >= 0.6 is 0 Å². The molecule has 210 valence electrons. The molecular weight excluding hydrogens is 511 g/mol. The lowest BCUT2D eigenvalue weighted by Gasteiger charge is -2.33. The highest BCUT2D eigenvalue weighted by Crippen LogP contribution is 2.31. The third-order valence-electron chi connectivity index (χ3n) is 6.99. The second kappa shape index (κ2) is 14.2. The van der Waals surface area contributed by atoms with Gasteiger partial charge in [0.2, 0.25) is 17.7 Å². The Bertz CT molecular complexity index is 1260. The molecule has 1 aromatic heterocycles. The third-order valence-corrected chi connectivity index (χ3v) is 6.99. The number of halogens is 1. The molecule has 1 aliphatic carbocycles. The summed E-state index contributed by atoms with van der Waals surface area (Å²) in [7, 11) is 1.55. The average Bonchev–Trinajstić information content (AvgIpc) is 2.97. The Morgan fingerprint density at radius 3 is 2.35 bits per heavy atom. The van der Waals surface area contributed by atoms with Crippen molar-refractivity contribution in [2.45, 2.75) is 63.5 Å². The van der Waals surface area contributed by atoms with Gasteiger partial charge >= 0.3 is 0 Å². The van der Waals surface area contributed by atoms with Crippen molar-refractivity contribution in [2.24, 2.45) is 0 Å². The first-order chi connectivity index (χ1) is 19.4. The minimum Gasteiger partial charge on any atom is -0.497 e. The van der Waals surface area contributed by atoms with Gasteiger partial charge in [-0.05, 0) is 73.4 Å². The van der Waals surface area contributed by atoms with E-state index in [1.54, 1.807) is 55.8 Å². The molecule has 1 fully saturated rings. The summed E-state index contributed by atoms with van der Waals surface area (Å²) in [4.78, 5) is 45.6. The molecule has 1 saturated carbocycles. The van der Waals surface area contributed by atoms with Gasteiger partial charge in [0.05, 0.1) is 7.11 Å². The summed E-state index contributed by atoms with van der Waals surface area (Å²) in [5.74, 6) is -0.301. The highest BCUT2D eigenvalue weighted by Gasteiger charge is 2.34. The number of methoxy groups -OCH3 is 1. The number of carbonyl (C=O) groups excluding carboxylic acids is 3. The first kappa shape index (κ1) is 28.7. The number of ether oxygens (including phenoxy) is 1. The Hall–Kier alpha value is -4.27. The molecule has 40 heavy (non-hydrogen) atoms. The van der Waals surface area contributed by atoms with Gasteiger partial charge in [-0.3, -0.25) is 19.3 Å². The second-order valence-corrected chi connectivity index (χ2v) is 9.88. The number of benzene rings is 2. The van der Waals surface area contributed by atoms with Gasteiger partial charge in [-0.2, -0.15) is 0 Å². The van der Waals surface area contributed by atoms with Gasteiger partial charge < -0.3 is 15.4 Å². The summed E-state index contributed by atoms with van der Waals surface area (Å²) in [5, 5.41) is 5.86. The molecule has 8 nitrogen and oxygen atoms in total. The normalized spacial score (nSPS) is 14.2. The second-order valence-electron chi connectivity index (χ2n) is 9.88. The minimum absolute atomic E-state index is 0.0207. The van der Waals surface area contributed by atoms with Gasteiger partial charge in [-0.15, -0.1) is 0 Å². The fourth-order valence-electron chi connectivity index (χ4n) is 4.93. The largest absolute Gasteiger partial charge is 0.497 e. The number of amides is 3. The smallest absolute Gasteiger partial charge is 0.248 e. The molecule has 0 saturated heterocycles. The summed E-state index contributed by atoms with van der Waals surface area (Å²) < 4.78 is 19.1. The zero-order chi connectivity index (χ0) is 28.3. The van der Waals surface area contributed by atoms with E-state index in [2.05, 4.69) is 15.6 Å². The van der Waals surface area contributed by atoms with Gasteiger partial charge in [-0.25, -0.2) is 9.37 Å². The summed E-state index contributed by atoms with van der Waals surface area (Å²) >= 11 is 0. The molecule has 2 N–H and O–H groups in total. The van der Waals surface area contributed by atoms with Crippen LogP contribution in [0.15, 0.2) is 72.9 Å². The van der Waals surface area contributed by atoms with Gasteiger partial charge in [0.1, 0.15) is 23.4 Å². The highest BCUT2D eigenvalue weighted by atomic mass is 19.1. The van der Waals surface area contributed by atoms with Gasteiger partial charge in [0.15, 0.2) is 0 Å². The Labute approximate surface area is 233 Å². The van der Waals surface area contributed by atoms with E-state index in [1.807, 2.05) is 0 Å². The zero-order valence-corrected chi connectivity index (χ0v) is 22.6. The first-order valence-corrected chi connectivity index (χ1v) is 13.7. The molecule has 0 spiro atoms. The summed E-state index contributed by atoms with van der Waals surface area (Å²) in [6.45, 7) is 0. The summed E-state index contributed by atoms with van der Waals surface area (Å²) in [6, 6.07) is 16.7. The van der Waals surface area contributed by atoms with Crippen LogP contribution in [0.5, 0.6) is 5.75 Å². The molecule has 1 heterocycles. The van der Waals surface area contributed by atoms with Crippen LogP contribution in [-0.4, -0.2) is 35.9 Å². The number of anilines is 2. The molecule has 0 bridgehead atoms. The van der Waals surface area contributed by atoms with E-state index in [1.165, 1.54) is 29.2 Å². The van der Waals surface area contributed by atoms with E-state index >= 15 is 0 Å². The minimum atomic E-state index is -1.02. The highest BCUT2D eigenvalue weighted by molar-refractivity contribution is 6.01. The number of hydrogen-bond donors (Lipinski definition) is 2. The summed E-state index contributed by atoms with van der Waals surface area (Å²) in [5.41, 5.74) is 0.989. The SMILES string of the molecule is COc1ccc(N(C(=O)CCCC(=O)Nc2ccccn2)[C@H](C(=O)NC2CCCCC2)c2ccc(F)cc2)cc1. The Morgan fingerprint density at radius 2 is 1.70 bits per heavy atom. The number of carbonyl (C=O) groups is 3. The summed E-state index contributed by atoms with van der Waals surface area (Å²) in [6.07, 6.45) is 6.95. The van der Waals surface area contributed by atoms with Crippen LogP contribution in [0.1, 0.15) is 63.0 Å². The predicted octanol–water partition coefficient (Wildman–Crippen LogP) is 5.56. The van der Waals surface area contributed by atoms with E-state index < -0.39 is 11.9 Å². The maximum Gasteiger partial charge on any atom is 0.248 e. The molecule has 2 aromatic carbocycles. The standard InChI is InChI=1S/C31H35FN4O4/c1-40-26-19-17-25(18-20-26)36(29(38)12-7-11-28(37)35-27-10-5-6-21-33-27)30(22-13-15-23(32)16-14-22)31(39)34-24-8-3-2-4-9-24/h5-6,10,13-21,24,30H,2-4,7-9,11-12H2,1H3,(H,34,39)(H,33,35,37)/t30-/m0/s1. The predicted molar refractivity (Wildman–Crippen MR) is 151 cm³/mol. The fraction of sp³-hybridized carbons (Fsp3) is 0.355. The van der Waals surface area contributed by atoms with Crippen molar-refractivity contribution >= 4 is 29.2 Å². The molecule has 0 radical (unpaired) electrons. The van der Waals surface area contributed by atoms with Crippen LogP contribution in [0.3, 0.4) is 0 Å². The number of rotatable bonds is 11. The molecular formula is C31H35FN4O4. The monoisotopic (exact) mass is 546 g/mol. The van der Waals surface area contributed by atoms with Crippen LogP contribution in [0, 0.1) is 5.82 Å². The van der Waals surface area contributed by atoms with E-state index in [4.69, 9.17) is 4.74 Å². The number of nitrogens with zero attached hydrogens (tertiary/aromatic N) is 2. The van der Waals surface area contributed by atoms with Crippen molar-refractivity contribution in [3.05, 3.63) is 84.3 Å². The van der Waals surface area contributed by atoms with Gasteiger partial charge in [-0.1, -0.05) is 37.5 Å². The molecule has 4 rings (SSSR count). The molecule has 1 atom stereocenters. The lowest BCUT2D eigenvalue weighted by molar-refractivity contribution is -0.127. The van der Waals surface area contributed by atoms with Crippen molar-refractivity contribution in [2.75, 3.05) is 17.3 Å². The average molecular weight is 547 g/mol. The zero-order valence-electron chi connectivity index (χ0n) is 22.6. The van der Waals surface area contributed by atoms with Crippen LogP contribution < -0.4 is 20.3 Å². The van der Waals surface area contributed by atoms with E-state index in [0.717, 1.165) is 32.1 Å². The molecule has 9 heteroatoms. The fourth-order valence-corrected chi connectivity index (χ4v) is 4.93. The first-order valence-electron chi connectivity index (χ1n) is 13.7. The number of hydrogen-bond acceptors (Lipinski definition) is 5. The third kappa shape index (κ3) is 7.88. The van der Waals surface area contributed by atoms with Crippen molar-refractivity contribution in [1.82, 2.24) is 10.3 Å². The molecule has 3 aromatic rings. The number of aromatic nitrogens is 1. The molecule has 1 aliphatic rings. The van der Waals surface area contributed by atoms with Crippen molar-refractivity contribution in [3.8, 4) is 5.75 Å². The molecule has 0 aliphatic heterocycles. The quantitative estimate of drug-likeness (QED) is 0.328. The van der Waals surface area contributed by atoms with Gasteiger partial charge in [0.25, 0.3) is 0 Å². The topological polar surface area (TPSA) is 101 Å². The van der Waals surface area contributed by atoms with Crippen molar-refractivity contribution in [3.63, 3.8) is 0 Å². The molecule has 3 amide bonds. The van der Waals surface area contributed by atoms with Crippen LogP contribution in [-0.2, 0) is 14.4 Å². The van der Waals surface area contributed by atoms with E-state index in [-0.39, 0.29) is 43.0 Å². The van der Waals surface area contributed by atoms with E-state index in [0.29, 0.717) is 22.8 Å². The van der Waals surface area contributed by atoms with Crippen LogP contribution in [0.25, 0.3) is 0 Å². The van der Waals surface area contributed by atoms with Crippen molar-refractivity contribution in [1.29, 1.82) is 0 Å². The Morgan fingerprint density at radius 1 is 0.975 bits per heavy atom. The Balaban J connectivity index is 1.58. The maximum absolute atomic E-state index is 13.9. The lowest BCUT2D eigenvalue weighted by Crippen LogP contribution is -2.47.